The zero-order valence-electron chi connectivity index (χ0n) is 6.37. The Morgan fingerprint density at radius 1 is 1.73 bits per heavy atom. The van der Waals surface area contributed by atoms with Crippen LogP contribution < -0.4 is 5.11 Å². The summed E-state index contributed by atoms with van der Waals surface area (Å²) in [7, 11) is 0. The van der Waals surface area contributed by atoms with E-state index in [0.717, 1.165) is 5.57 Å². The molecule has 0 aromatic carbocycles. The average molecular weight is 221 g/mol. The number of hydrogen-bond acceptors (Lipinski definition) is 1. The summed E-state index contributed by atoms with van der Waals surface area (Å²) in [6, 6.07) is 0. The molecule has 0 N–H and O–H groups in total. The summed E-state index contributed by atoms with van der Waals surface area (Å²) in [5, 5.41) is 10.5. The van der Waals surface area contributed by atoms with Crippen LogP contribution in [0.15, 0.2) is 41.4 Å². The molecular formula is C9H8OY. The van der Waals surface area contributed by atoms with Gasteiger partial charge >= 0.3 is 0 Å². The average Bonchev–Trinajstić information content (AvgIpc) is 1.88. The molecule has 0 unspecified atom stereocenters. The molecule has 0 aliphatic heterocycles. The molecule has 0 saturated heterocycles. The summed E-state index contributed by atoms with van der Waals surface area (Å²) in [5.74, 6) is 0.0578. The third-order valence-corrected chi connectivity index (χ3v) is 1.09. The SMILES string of the molecule is C/C([O-])=C\C1=C=CC=C[CH+]1.[Y]. The van der Waals surface area contributed by atoms with Gasteiger partial charge < -0.3 is 5.11 Å². The molecule has 1 rings (SSSR count). The van der Waals surface area contributed by atoms with Crippen LogP contribution in [0.2, 0.25) is 0 Å². The Bertz CT molecular complexity index is 238. The van der Waals surface area contributed by atoms with Crippen LogP contribution in [0.3, 0.4) is 0 Å². The Hall–Kier alpha value is -0.226. The second-order valence-corrected chi connectivity index (χ2v) is 2.07. The van der Waals surface area contributed by atoms with Crippen molar-refractivity contribution in [2.24, 2.45) is 0 Å². The van der Waals surface area contributed by atoms with E-state index in [9.17, 15) is 5.11 Å². The van der Waals surface area contributed by atoms with Gasteiger partial charge in [-0.15, -0.1) is 0 Å². The van der Waals surface area contributed by atoms with Crippen LogP contribution in [0.25, 0.3) is 0 Å². The summed E-state index contributed by atoms with van der Waals surface area (Å²) < 4.78 is 0. The summed E-state index contributed by atoms with van der Waals surface area (Å²) in [5.41, 5.74) is 3.77. The Balaban J connectivity index is 0.000001000. The molecule has 53 valence electrons. The van der Waals surface area contributed by atoms with E-state index in [4.69, 9.17) is 0 Å². The van der Waals surface area contributed by atoms with Gasteiger partial charge in [-0.25, -0.2) is 0 Å². The predicted octanol–water partition coefficient (Wildman–Crippen LogP) is 1.10. The van der Waals surface area contributed by atoms with Crippen molar-refractivity contribution in [2.75, 3.05) is 0 Å². The van der Waals surface area contributed by atoms with Crippen LogP contribution in [-0.4, -0.2) is 0 Å². The maximum Gasteiger partial charge on any atom is 0.146 e. The summed E-state index contributed by atoms with van der Waals surface area (Å²) in [4.78, 5) is 0. The van der Waals surface area contributed by atoms with E-state index < -0.39 is 0 Å². The fraction of sp³-hybridized carbons (Fsp3) is 0.111. The van der Waals surface area contributed by atoms with Crippen molar-refractivity contribution in [2.45, 2.75) is 6.92 Å². The minimum Gasteiger partial charge on any atom is -0.868 e. The Morgan fingerprint density at radius 2 is 2.45 bits per heavy atom. The fourth-order valence-corrected chi connectivity index (χ4v) is 0.716. The van der Waals surface area contributed by atoms with E-state index in [1.807, 2.05) is 18.6 Å². The van der Waals surface area contributed by atoms with E-state index >= 15 is 0 Å². The third-order valence-electron chi connectivity index (χ3n) is 1.09. The van der Waals surface area contributed by atoms with E-state index in [-0.39, 0.29) is 38.5 Å². The van der Waals surface area contributed by atoms with Gasteiger partial charge in [0.1, 0.15) is 5.57 Å². The molecule has 0 aromatic rings. The molecule has 11 heavy (non-hydrogen) atoms. The molecule has 1 aliphatic rings. The summed E-state index contributed by atoms with van der Waals surface area (Å²) >= 11 is 0. The Morgan fingerprint density at radius 3 is 2.91 bits per heavy atom. The van der Waals surface area contributed by atoms with Gasteiger partial charge in [0.05, 0.1) is 6.08 Å². The number of allylic oxidation sites excluding steroid dienone is 5. The molecular weight excluding hydrogens is 213 g/mol. The molecule has 2 heteroatoms. The summed E-state index contributed by atoms with van der Waals surface area (Å²) in [6.07, 6.45) is 8.94. The van der Waals surface area contributed by atoms with E-state index in [2.05, 4.69) is 5.73 Å². The van der Waals surface area contributed by atoms with Gasteiger partial charge in [0, 0.05) is 63.1 Å². The van der Waals surface area contributed by atoms with Crippen molar-refractivity contribution >= 4 is 0 Å². The van der Waals surface area contributed by atoms with Gasteiger partial charge in [0.25, 0.3) is 0 Å². The van der Waals surface area contributed by atoms with Crippen LogP contribution in [0.1, 0.15) is 6.92 Å². The van der Waals surface area contributed by atoms with Crippen LogP contribution >= 0.6 is 0 Å². The maximum absolute atomic E-state index is 10.5. The van der Waals surface area contributed by atoms with Crippen molar-refractivity contribution in [3.05, 3.63) is 47.8 Å². The Kier molecular flexibility index (Phi) is 5.32. The molecule has 0 fully saturated rings. The van der Waals surface area contributed by atoms with Crippen molar-refractivity contribution in [1.82, 2.24) is 0 Å². The first-order chi connectivity index (χ1) is 4.79. The van der Waals surface area contributed by atoms with Crippen molar-refractivity contribution in [1.29, 1.82) is 0 Å². The first-order valence-corrected chi connectivity index (χ1v) is 3.11. The van der Waals surface area contributed by atoms with Gasteiger partial charge in [-0.3, -0.25) is 0 Å². The fourth-order valence-electron chi connectivity index (χ4n) is 0.716. The number of rotatable bonds is 1. The van der Waals surface area contributed by atoms with Crippen LogP contribution in [0.5, 0.6) is 0 Å². The second kappa shape index (κ2) is 5.43. The molecule has 1 radical (unpaired) electrons. The van der Waals surface area contributed by atoms with Crippen molar-refractivity contribution < 1.29 is 37.8 Å². The van der Waals surface area contributed by atoms with Crippen LogP contribution in [-0.2, 0) is 32.7 Å². The Labute approximate surface area is 92.1 Å². The first-order valence-electron chi connectivity index (χ1n) is 3.11. The van der Waals surface area contributed by atoms with Crippen LogP contribution in [0.4, 0.5) is 0 Å². The topological polar surface area (TPSA) is 23.1 Å². The predicted molar refractivity (Wildman–Crippen MR) is 38.8 cm³/mol. The zero-order chi connectivity index (χ0) is 7.40. The molecule has 1 nitrogen and oxygen atoms in total. The van der Waals surface area contributed by atoms with Gasteiger partial charge in [0.15, 0.2) is 0 Å². The van der Waals surface area contributed by atoms with E-state index in [0.29, 0.717) is 0 Å². The molecule has 0 heterocycles. The largest absolute Gasteiger partial charge is 0.868 e. The standard InChI is InChI=1S/C9H8O.Y/c1-8(10)7-9-5-3-2-4-6-9;/h2-5,7H,1H3;/b8-7+;. The summed E-state index contributed by atoms with van der Waals surface area (Å²) in [6.45, 7) is 1.53. The van der Waals surface area contributed by atoms with Gasteiger partial charge in [0.2, 0.25) is 0 Å². The minimum atomic E-state index is 0. The smallest absolute Gasteiger partial charge is 0.146 e. The maximum atomic E-state index is 10.5. The number of hydrogen-bond donors (Lipinski definition) is 0. The monoisotopic (exact) mass is 221 g/mol. The van der Waals surface area contributed by atoms with E-state index in [1.54, 1.807) is 12.2 Å². The molecule has 0 bridgehead atoms. The molecule has 0 atom stereocenters. The third kappa shape index (κ3) is 4.26. The van der Waals surface area contributed by atoms with E-state index in [1.165, 1.54) is 6.92 Å². The molecule has 1 aliphatic carbocycles. The van der Waals surface area contributed by atoms with Gasteiger partial charge in [-0.1, -0.05) is 5.76 Å². The minimum absolute atomic E-state index is 0. The molecule has 0 saturated carbocycles. The molecule has 0 aromatic heterocycles. The van der Waals surface area contributed by atoms with Gasteiger partial charge in [-0.05, 0) is 6.92 Å². The molecule has 0 spiro atoms. The van der Waals surface area contributed by atoms with Crippen LogP contribution in [0, 0.1) is 6.42 Å². The van der Waals surface area contributed by atoms with Gasteiger partial charge in [-0.2, -0.15) is 0 Å². The zero-order valence-corrected chi connectivity index (χ0v) is 9.21. The first kappa shape index (κ1) is 10.8. The van der Waals surface area contributed by atoms with Crippen molar-refractivity contribution in [3.63, 3.8) is 0 Å². The molecule has 0 amide bonds. The van der Waals surface area contributed by atoms with Crippen molar-refractivity contribution in [3.8, 4) is 0 Å². The quantitative estimate of drug-likeness (QED) is 0.369. The second-order valence-electron chi connectivity index (χ2n) is 2.07. The normalized spacial score (nSPS) is 15.0.